The van der Waals surface area contributed by atoms with Crippen molar-refractivity contribution in [3.8, 4) is 5.75 Å². The van der Waals surface area contributed by atoms with Gasteiger partial charge in [0.2, 0.25) is 0 Å². The van der Waals surface area contributed by atoms with Gasteiger partial charge in [-0.2, -0.15) is 0 Å². The number of nitrogens with zero attached hydrogens (tertiary/aromatic N) is 2. The molecule has 1 N–H and O–H groups in total. The van der Waals surface area contributed by atoms with Gasteiger partial charge < -0.3 is 5.11 Å². The third kappa shape index (κ3) is 2.89. The lowest BCUT2D eigenvalue weighted by atomic mass is 9.99. The molecule has 0 atom stereocenters. The Labute approximate surface area is 119 Å². The van der Waals surface area contributed by atoms with E-state index in [1.807, 2.05) is 6.07 Å². The molecule has 20 heavy (non-hydrogen) atoms. The molecule has 1 aromatic carbocycles. The highest BCUT2D eigenvalue weighted by atomic mass is 16.3. The van der Waals surface area contributed by atoms with Crippen molar-refractivity contribution >= 4 is 5.57 Å². The smallest absolute Gasteiger partial charge is 0.138 e. The van der Waals surface area contributed by atoms with E-state index in [2.05, 4.69) is 40.2 Å². The van der Waals surface area contributed by atoms with E-state index in [0.717, 1.165) is 25.2 Å². The number of pyridine rings is 1. The summed E-state index contributed by atoms with van der Waals surface area (Å²) in [5, 5.41) is 9.77. The maximum atomic E-state index is 9.77. The van der Waals surface area contributed by atoms with E-state index >= 15 is 0 Å². The molecule has 2 heterocycles. The van der Waals surface area contributed by atoms with E-state index in [-0.39, 0.29) is 5.75 Å². The van der Waals surface area contributed by atoms with Gasteiger partial charge in [-0.05, 0) is 29.7 Å². The summed E-state index contributed by atoms with van der Waals surface area (Å²) in [6.45, 7) is 2.60. The summed E-state index contributed by atoms with van der Waals surface area (Å²) in [5.74, 6) is 0.283. The molecule has 0 fully saturated rings. The maximum absolute atomic E-state index is 9.77. The lowest BCUT2D eigenvalue weighted by molar-refractivity contribution is 0.285. The Morgan fingerprint density at radius 2 is 1.95 bits per heavy atom. The second-order valence-electron chi connectivity index (χ2n) is 5.05. The van der Waals surface area contributed by atoms with Crippen LogP contribution in [0.1, 0.15) is 17.7 Å². The van der Waals surface area contributed by atoms with E-state index in [4.69, 9.17) is 0 Å². The molecule has 0 spiro atoms. The van der Waals surface area contributed by atoms with Crippen LogP contribution in [0.15, 0.2) is 54.7 Å². The predicted octanol–water partition coefficient (Wildman–Crippen LogP) is 3.08. The fourth-order valence-electron chi connectivity index (χ4n) is 2.53. The van der Waals surface area contributed by atoms with Crippen LogP contribution in [0.3, 0.4) is 0 Å². The highest BCUT2D eigenvalue weighted by molar-refractivity contribution is 5.66. The van der Waals surface area contributed by atoms with Crippen molar-refractivity contribution in [1.82, 2.24) is 9.88 Å². The molecule has 102 valence electrons. The summed E-state index contributed by atoms with van der Waals surface area (Å²) in [6.07, 6.45) is 5.04. The number of hydrogen-bond acceptors (Lipinski definition) is 3. The largest absolute Gasteiger partial charge is 0.506 e. The van der Waals surface area contributed by atoms with Crippen LogP contribution >= 0.6 is 0 Å². The second-order valence-corrected chi connectivity index (χ2v) is 5.05. The summed E-state index contributed by atoms with van der Waals surface area (Å²) in [6, 6.07) is 14.0. The molecule has 0 radical (unpaired) electrons. The van der Waals surface area contributed by atoms with E-state index in [1.54, 1.807) is 18.3 Å². The van der Waals surface area contributed by atoms with Crippen LogP contribution in [0.2, 0.25) is 0 Å². The van der Waals surface area contributed by atoms with Crippen molar-refractivity contribution in [2.45, 2.75) is 13.0 Å². The third-order valence-electron chi connectivity index (χ3n) is 3.68. The minimum atomic E-state index is 0.283. The molecule has 0 saturated carbocycles. The molecular formula is C17H18N2O. The van der Waals surface area contributed by atoms with Crippen molar-refractivity contribution < 1.29 is 5.11 Å². The van der Waals surface area contributed by atoms with Crippen molar-refractivity contribution in [3.05, 3.63) is 66.0 Å². The SMILES string of the molecule is Oc1cccnc1CN1CC=C(c2ccccc2)CC1. The molecule has 3 heteroatoms. The first-order chi connectivity index (χ1) is 9.83. The van der Waals surface area contributed by atoms with Gasteiger partial charge in [-0.15, -0.1) is 0 Å². The summed E-state index contributed by atoms with van der Waals surface area (Å²) >= 11 is 0. The van der Waals surface area contributed by atoms with Crippen LogP contribution < -0.4 is 0 Å². The Morgan fingerprint density at radius 1 is 1.10 bits per heavy atom. The minimum absolute atomic E-state index is 0.283. The zero-order valence-corrected chi connectivity index (χ0v) is 11.4. The van der Waals surface area contributed by atoms with Crippen molar-refractivity contribution in [2.24, 2.45) is 0 Å². The van der Waals surface area contributed by atoms with E-state index in [0.29, 0.717) is 6.54 Å². The van der Waals surface area contributed by atoms with Crippen LogP contribution in [0.5, 0.6) is 5.75 Å². The number of rotatable bonds is 3. The molecule has 1 aromatic heterocycles. The number of benzene rings is 1. The zero-order chi connectivity index (χ0) is 13.8. The van der Waals surface area contributed by atoms with E-state index in [9.17, 15) is 5.11 Å². The Kier molecular flexibility index (Phi) is 3.79. The Bertz CT molecular complexity index is 607. The lowest BCUT2D eigenvalue weighted by Crippen LogP contribution is -2.28. The average molecular weight is 266 g/mol. The normalized spacial score (nSPS) is 15.9. The molecule has 1 aliphatic heterocycles. The number of hydrogen-bond donors (Lipinski definition) is 1. The fourth-order valence-corrected chi connectivity index (χ4v) is 2.53. The van der Waals surface area contributed by atoms with Crippen LogP contribution in [0.4, 0.5) is 0 Å². The standard InChI is InChI=1S/C17H18N2O/c20-17-7-4-10-18-16(17)13-19-11-8-15(9-12-19)14-5-2-1-3-6-14/h1-8,10,20H,9,11-13H2. The van der Waals surface area contributed by atoms with Gasteiger partial charge in [0.15, 0.2) is 0 Å². The average Bonchev–Trinajstić information content (AvgIpc) is 2.51. The first kappa shape index (κ1) is 12.9. The maximum Gasteiger partial charge on any atom is 0.138 e. The summed E-state index contributed by atoms with van der Waals surface area (Å²) in [7, 11) is 0. The van der Waals surface area contributed by atoms with Crippen molar-refractivity contribution in [3.63, 3.8) is 0 Å². The molecule has 3 rings (SSSR count). The van der Waals surface area contributed by atoms with Crippen molar-refractivity contribution in [2.75, 3.05) is 13.1 Å². The molecular weight excluding hydrogens is 248 g/mol. The van der Waals surface area contributed by atoms with Crippen molar-refractivity contribution in [1.29, 1.82) is 0 Å². The van der Waals surface area contributed by atoms with Gasteiger partial charge in [0.1, 0.15) is 5.75 Å². The quantitative estimate of drug-likeness (QED) is 0.927. The molecule has 0 aliphatic carbocycles. The van der Waals surface area contributed by atoms with E-state index < -0.39 is 0 Å². The summed E-state index contributed by atoms with van der Waals surface area (Å²) in [4.78, 5) is 6.54. The molecule has 0 amide bonds. The second kappa shape index (κ2) is 5.88. The third-order valence-corrected chi connectivity index (χ3v) is 3.68. The molecule has 0 unspecified atom stereocenters. The Morgan fingerprint density at radius 3 is 2.65 bits per heavy atom. The minimum Gasteiger partial charge on any atom is -0.506 e. The van der Waals surface area contributed by atoms with Crippen LogP contribution in [-0.4, -0.2) is 28.1 Å². The topological polar surface area (TPSA) is 36.4 Å². The van der Waals surface area contributed by atoms with Gasteiger partial charge in [0, 0.05) is 25.8 Å². The fraction of sp³-hybridized carbons (Fsp3) is 0.235. The first-order valence-corrected chi connectivity index (χ1v) is 6.92. The molecule has 0 saturated heterocycles. The van der Waals surface area contributed by atoms with Gasteiger partial charge >= 0.3 is 0 Å². The Hall–Kier alpha value is -2.13. The van der Waals surface area contributed by atoms with Gasteiger partial charge in [-0.3, -0.25) is 9.88 Å². The van der Waals surface area contributed by atoms with Gasteiger partial charge in [0.05, 0.1) is 5.69 Å². The van der Waals surface area contributed by atoms with Crippen LogP contribution in [0, 0.1) is 0 Å². The highest BCUT2D eigenvalue weighted by Gasteiger charge is 2.14. The summed E-state index contributed by atoms with van der Waals surface area (Å²) in [5.41, 5.74) is 3.48. The van der Waals surface area contributed by atoms with E-state index in [1.165, 1.54) is 11.1 Å². The van der Waals surface area contributed by atoms with Crippen LogP contribution in [-0.2, 0) is 6.54 Å². The van der Waals surface area contributed by atoms with Gasteiger partial charge in [-0.25, -0.2) is 0 Å². The molecule has 3 nitrogen and oxygen atoms in total. The first-order valence-electron chi connectivity index (χ1n) is 6.92. The molecule has 2 aromatic rings. The van der Waals surface area contributed by atoms with Crippen LogP contribution in [0.25, 0.3) is 5.57 Å². The van der Waals surface area contributed by atoms with Gasteiger partial charge in [0.25, 0.3) is 0 Å². The molecule has 1 aliphatic rings. The van der Waals surface area contributed by atoms with Gasteiger partial charge in [-0.1, -0.05) is 36.4 Å². The lowest BCUT2D eigenvalue weighted by Gasteiger charge is -2.26. The number of aromatic nitrogens is 1. The number of aromatic hydroxyl groups is 1. The molecule has 0 bridgehead atoms. The zero-order valence-electron chi connectivity index (χ0n) is 11.4. The monoisotopic (exact) mass is 266 g/mol. The Balaban J connectivity index is 1.67. The summed E-state index contributed by atoms with van der Waals surface area (Å²) < 4.78 is 0. The highest BCUT2D eigenvalue weighted by Crippen LogP contribution is 2.23. The predicted molar refractivity (Wildman–Crippen MR) is 80.2 cm³/mol.